The molecule has 0 unspecified atom stereocenters. The van der Waals surface area contributed by atoms with Crippen molar-refractivity contribution >= 4 is 23.7 Å². The molecule has 3 aromatic rings. The Morgan fingerprint density at radius 1 is 1.06 bits per heavy atom. The number of rotatable bonds is 6. The van der Waals surface area contributed by atoms with Crippen LogP contribution in [0.3, 0.4) is 0 Å². The highest BCUT2D eigenvalue weighted by molar-refractivity contribution is 6.01. The number of carbonyl (C=O) groups is 3. The van der Waals surface area contributed by atoms with E-state index in [-0.39, 0.29) is 42.2 Å². The number of nitrogens with zero attached hydrogens (tertiary/aromatic N) is 3. The summed E-state index contributed by atoms with van der Waals surface area (Å²) in [6, 6.07) is 16.2. The van der Waals surface area contributed by atoms with E-state index >= 15 is 0 Å². The molecule has 0 bridgehead atoms. The Morgan fingerprint density at radius 3 is 2.29 bits per heavy atom. The van der Waals surface area contributed by atoms with E-state index in [1.54, 1.807) is 11.9 Å². The number of carboxylic acids is 1. The second-order valence-electron chi connectivity index (χ2n) is 8.66. The van der Waals surface area contributed by atoms with Crippen molar-refractivity contribution in [1.82, 2.24) is 14.7 Å². The van der Waals surface area contributed by atoms with Crippen LogP contribution in [0.25, 0.3) is 11.1 Å². The number of likely N-dealkylation sites (tertiary alicyclic amines) is 1. The predicted molar refractivity (Wildman–Crippen MR) is 124 cm³/mol. The van der Waals surface area contributed by atoms with E-state index in [1.165, 1.54) is 10.9 Å². The van der Waals surface area contributed by atoms with Gasteiger partial charge in [-0.3, -0.25) is 19.6 Å². The van der Waals surface area contributed by atoms with Crippen LogP contribution >= 0.6 is 0 Å². The molecule has 2 N–H and O–H groups in total. The molecule has 2 heterocycles. The maximum Gasteiger partial charge on any atom is 0.411 e. The molecule has 1 aromatic heterocycles. The Hall–Kier alpha value is -4.14. The molecule has 0 radical (unpaired) electrons. The lowest BCUT2D eigenvalue weighted by Gasteiger charge is -2.38. The molecule has 9 nitrogen and oxygen atoms in total. The Kier molecular flexibility index (Phi) is 5.53. The third-order valence-corrected chi connectivity index (χ3v) is 6.43. The van der Waals surface area contributed by atoms with Crippen molar-refractivity contribution in [3.05, 3.63) is 71.5 Å². The lowest BCUT2D eigenvalue weighted by Crippen LogP contribution is -2.51. The molecule has 174 valence electrons. The van der Waals surface area contributed by atoms with Crippen LogP contribution in [0.15, 0.2) is 54.7 Å². The Bertz CT molecular complexity index is 1230. The van der Waals surface area contributed by atoms with E-state index in [9.17, 15) is 14.4 Å². The smallest absolute Gasteiger partial charge is 0.411 e. The van der Waals surface area contributed by atoms with Crippen LogP contribution in [0, 0.1) is 5.92 Å². The highest BCUT2D eigenvalue weighted by Gasteiger charge is 2.35. The van der Waals surface area contributed by atoms with Gasteiger partial charge in [-0.2, -0.15) is 5.10 Å². The molecule has 34 heavy (non-hydrogen) atoms. The van der Waals surface area contributed by atoms with Gasteiger partial charge in [0.1, 0.15) is 12.3 Å². The number of amides is 2. The van der Waals surface area contributed by atoms with Gasteiger partial charge in [-0.25, -0.2) is 4.79 Å². The second-order valence-corrected chi connectivity index (χ2v) is 8.66. The number of fused-ring (bicyclic) bond motifs is 3. The summed E-state index contributed by atoms with van der Waals surface area (Å²) in [4.78, 5) is 38.0. The van der Waals surface area contributed by atoms with Gasteiger partial charge in [0.25, 0.3) is 5.91 Å². The van der Waals surface area contributed by atoms with Crippen LogP contribution < -0.4 is 5.32 Å². The van der Waals surface area contributed by atoms with Crippen LogP contribution in [0.1, 0.15) is 34.0 Å². The van der Waals surface area contributed by atoms with Gasteiger partial charge in [0.15, 0.2) is 0 Å². The van der Waals surface area contributed by atoms with E-state index < -0.39 is 12.1 Å². The average molecular weight is 460 g/mol. The third kappa shape index (κ3) is 3.89. The minimum absolute atomic E-state index is 0.0278. The molecule has 0 spiro atoms. The number of anilines is 1. The molecule has 2 aliphatic rings. The first-order chi connectivity index (χ1) is 16.4. The lowest BCUT2D eigenvalue weighted by atomic mass is 9.96. The van der Waals surface area contributed by atoms with Gasteiger partial charge < -0.3 is 14.7 Å². The van der Waals surface area contributed by atoms with Crippen LogP contribution in [-0.2, 0) is 16.6 Å². The summed E-state index contributed by atoms with van der Waals surface area (Å²) < 4.78 is 6.97. The van der Waals surface area contributed by atoms with Crippen molar-refractivity contribution in [3.63, 3.8) is 0 Å². The van der Waals surface area contributed by atoms with Gasteiger partial charge in [-0.15, -0.1) is 0 Å². The zero-order chi connectivity index (χ0) is 23.8. The van der Waals surface area contributed by atoms with Crippen molar-refractivity contribution in [1.29, 1.82) is 0 Å². The molecule has 0 atom stereocenters. The molecule has 1 aliphatic heterocycles. The Morgan fingerprint density at radius 2 is 1.68 bits per heavy atom. The molecule has 9 heteroatoms. The van der Waals surface area contributed by atoms with E-state index in [0.29, 0.717) is 13.1 Å². The summed E-state index contributed by atoms with van der Waals surface area (Å²) in [6.45, 7) is 0.883. The largest absolute Gasteiger partial charge is 0.481 e. The van der Waals surface area contributed by atoms with Crippen LogP contribution in [0.4, 0.5) is 10.5 Å². The van der Waals surface area contributed by atoms with Gasteiger partial charge in [-0.1, -0.05) is 48.5 Å². The molecular weight excluding hydrogens is 436 g/mol. The molecule has 1 fully saturated rings. The van der Waals surface area contributed by atoms with E-state index in [2.05, 4.69) is 22.5 Å². The topological polar surface area (TPSA) is 114 Å². The Labute approximate surface area is 195 Å². The van der Waals surface area contributed by atoms with Crippen LogP contribution in [-0.4, -0.2) is 57.5 Å². The maximum atomic E-state index is 12.9. The van der Waals surface area contributed by atoms with Crippen LogP contribution in [0.5, 0.6) is 0 Å². The zero-order valence-corrected chi connectivity index (χ0v) is 18.6. The third-order valence-electron chi connectivity index (χ3n) is 6.43. The summed E-state index contributed by atoms with van der Waals surface area (Å²) in [6.07, 6.45) is 0.764. The monoisotopic (exact) mass is 460 g/mol. The number of carbonyl (C=O) groups excluding carboxylic acids is 2. The first-order valence-corrected chi connectivity index (χ1v) is 11.1. The summed E-state index contributed by atoms with van der Waals surface area (Å²) in [5.74, 6) is -1.32. The first kappa shape index (κ1) is 21.7. The highest BCUT2D eigenvalue weighted by atomic mass is 16.5. The van der Waals surface area contributed by atoms with Crippen molar-refractivity contribution in [2.24, 2.45) is 13.0 Å². The number of aromatic nitrogens is 2. The minimum atomic E-state index is -0.879. The normalized spacial score (nSPS) is 14.8. The standard InChI is InChI=1S/C25H24N4O5/c1-28-23(24(32)29-12-15(13-29)10-22(30)31)21(11-26-28)27-25(33)34-14-20-18-8-4-2-6-16(18)17-7-3-5-9-19(17)20/h2-9,11,15,20H,10,12-14H2,1H3,(H,27,33)(H,30,31). The summed E-state index contributed by atoms with van der Waals surface area (Å²) in [5, 5.41) is 15.6. The molecule has 5 rings (SSSR count). The Balaban J connectivity index is 1.24. The number of ether oxygens (including phenoxy) is 1. The summed E-state index contributed by atoms with van der Waals surface area (Å²) >= 11 is 0. The molecule has 2 aromatic carbocycles. The van der Waals surface area contributed by atoms with Gasteiger partial charge in [0.05, 0.1) is 18.3 Å². The van der Waals surface area contributed by atoms with Crippen molar-refractivity contribution < 1.29 is 24.2 Å². The molecule has 2 amide bonds. The van der Waals surface area contributed by atoms with Gasteiger partial charge in [0.2, 0.25) is 0 Å². The number of carboxylic acid groups (broad SMARTS) is 1. The van der Waals surface area contributed by atoms with Crippen molar-refractivity contribution in [2.45, 2.75) is 12.3 Å². The molecule has 0 saturated carbocycles. The first-order valence-electron chi connectivity index (χ1n) is 11.1. The fraction of sp³-hybridized carbons (Fsp3) is 0.280. The second kappa shape index (κ2) is 8.66. The molecule has 1 aliphatic carbocycles. The van der Waals surface area contributed by atoms with E-state index in [1.807, 2.05) is 36.4 Å². The number of hydrogen-bond acceptors (Lipinski definition) is 5. The summed E-state index contributed by atoms with van der Waals surface area (Å²) in [5.41, 5.74) is 4.99. The number of benzene rings is 2. The zero-order valence-electron chi connectivity index (χ0n) is 18.6. The molecular formula is C25H24N4O5. The minimum Gasteiger partial charge on any atom is -0.481 e. The highest BCUT2D eigenvalue weighted by Crippen LogP contribution is 2.44. The van der Waals surface area contributed by atoms with E-state index in [4.69, 9.17) is 9.84 Å². The quantitative estimate of drug-likeness (QED) is 0.583. The number of aliphatic carboxylic acids is 1. The number of aryl methyl sites for hydroxylation is 1. The number of nitrogens with one attached hydrogen (secondary N) is 1. The summed E-state index contributed by atoms with van der Waals surface area (Å²) in [7, 11) is 1.62. The fourth-order valence-corrected chi connectivity index (χ4v) is 4.79. The van der Waals surface area contributed by atoms with E-state index in [0.717, 1.165) is 22.3 Å². The fourth-order valence-electron chi connectivity index (χ4n) is 4.79. The maximum absolute atomic E-state index is 12.9. The van der Waals surface area contributed by atoms with Gasteiger partial charge in [0, 0.05) is 32.0 Å². The van der Waals surface area contributed by atoms with Crippen molar-refractivity contribution in [3.8, 4) is 11.1 Å². The van der Waals surface area contributed by atoms with Gasteiger partial charge >= 0.3 is 12.1 Å². The average Bonchev–Trinajstić information content (AvgIpc) is 3.31. The van der Waals surface area contributed by atoms with Gasteiger partial charge in [-0.05, 0) is 22.3 Å². The SMILES string of the molecule is Cn1ncc(NC(=O)OCC2c3ccccc3-c3ccccc32)c1C(=O)N1CC(CC(=O)O)C1. The predicted octanol–water partition coefficient (Wildman–Crippen LogP) is 3.33. The van der Waals surface area contributed by atoms with Crippen LogP contribution in [0.2, 0.25) is 0 Å². The lowest BCUT2D eigenvalue weighted by molar-refractivity contribution is -0.139. The van der Waals surface area contributed by atoms with Crippen molar-refractivity contribution in [2.75, 3.05) is 25.0 Å². The number of hydrogen-bond donors (Lipinski definition) is 2. The molecule has 1 saturated heterocycles.